The quantitative estimate of drug-likeness (QED) is 0.821. The first-order valence-corrected chi connectivity index (χ1v) is 5.67. The van der Waals surface area contributed by atoms with Gasteiger partial charge in [0.05, 0.1) is 0 Å². The molecule has 0 bridgehead atoms. The maximum atomic E-state index is 5.83. The maximum absolute atomic E-state index is 5.83. The van der Waals surface area contributed by atoms with Crippen molar-refractivity contribution >= 4 is 5.82 Å². The van der Waals surface area contributed by atoms with Gasteiger partial charge in [0.2, 0.25) is 0 Å². The number of hydrogen-bond acceptors (Lipinski definition) is 3. The van der Waals surface area contributed by atoms with E-state index in [9.17, 15) is 0 Å². The van der Waals surface area contributed by atoms with Crippen molar-refractivity contribution in [1.29, 1.82) is 0 Å². The lowest BCUT2D eigenvalue weighted by atomic mass is 10.2. The predicted octanol–water partition coefficient (Wildman–Crippen LogP) is 2.04. The Labute approximate surface area is 91.3 Å². The van der Waals surface area contributed by atoms with Gasteiger partial charge in [-0.25, -0.2) is 4.98 Å². The first kappa shape index (κ1) is 10.4. The highest BCUT2D eigenvalue weighted by Gasteiger charge is 2.19. The first-order chi connectivity index (χ1) is 7.27. The molecule has 1 aromatic heterocycles. The zero-order valence-corrected chi connectivity index (χ0v) is 9.32. The van der Waals surface area contributed by atoms with Gasteiger partial charge < -0.3 is 5.73 Å². The molecule has 1 aromatic rings. The minimum atomic E-state index is 0.669. The molecule has 0 saturated heterocycles. The van der Waals surface area contributed by atoms with Crippen LogP contribution in [0.4, 0.5) is 5.82 Å². The molecule has 0 amide bonds. The number of pyridine rings is 1. The van der Waals surface area contributed by atoms with Gasteiger partial charge in [0.25, 0.3) is 0 Å². The molecule has 0 radical (unpaired) electrons. The van der Waals surface area contributed by atoms with E-state index in [0.717, 1.165) is 18.2 Å². The highest BCUT2D eigenvalue weighted by atomic mass is 15.1. The summed E-state index contributed by atoms with van der Waals surface area (Å²) in [6.45, 7) is 0.921. The van der Waals surface area contributed by atoms with E-state index in [1.54, 1.807) is 6.20 Å². The molecule has 3 nitrogen and oxygen atoms in total. The molecule has 3 heteroatoms. The molecule has 1 aliphatic rings. The number of hydrogen-bond donors (Lipinski definition) is 1. The summed E-state index contributed by atoms with van der Waals surface area (Å²) in [6, 6.07) is 4.76. The van der Waals surface area contributed by atoms with Crippen LogP contribution in [0.2, 0.25) is 0 Å². The molecular formula is C12H19N3. The van der Waals surface area contributed by atoms with Crippen molar-refractivity contribution in [3.63, 3.8) is 0 Å². The van der Waals surface area contributed by atoms with Crippen LogP contribution in [-0.2, 0) is 6.54 Å². The van der Waals surface area contributed by atoms with E-state index < -0.39 is 0 Å². The lowest BCUT2D eigenvalue weighted by molar-refractivity contribution is 0.237. The fourth-order valence-corrected chi connectivity index (χ4v) is 2.33. The SMILES string of the molecule is CN(Cc1cccnc1N)C1CCCC1. The second-order valence-electron chi connectivity index (χ2n) is 4.40. The van der Waals surface area contributed by atoms with Crippen LogP contribution in [0.5, 0.6) is 0 Å². The molecule has 0 spiro atoms. The highest BCUT2D eigenvalue weighted by Crippen LogP contribution is 2.24. The molecule has 0 atom stereocenters. The largest absolute Gasteiger partial charge is 0.383 e. The second-order valence-corrected chi connectivity index (χ2v) is 4.40. The van der Waals surface area contributed by atoms with Gasteiger partial charge in [0, 0.05) is 24.3 Å². The summed E-state index contributed by atoms with van der Waals surface area (Å²) in [6.07, 6.45) is 7.15. The fourth-order valence-electron chi connectivity index (χ4n) is 2.33. The van der Waals surface area contributed by atoms with E-state index in [0.29, 0.717) is 5.82 Å². The number of nitrogen functional groups attached to an aromatic ring is 1. The Bertz CT molecular complexity index is 318. The third kappa shape index (κ3) is 2.48. The van der Waals surface area contributed by atoms with E-state index in [1.165, 1.54) is 25.7 Å². The Morgan fingerprint density at radius 2 is 2.20 bits per heavy atom. The van der Waals surface area contributed by atoms with Gasteiger partial charge in [-0.2, -0.15) is 0 Å². The van der Waals surface area contributed by atoms with Gasteiger partial charge in [0.15, 0.2) is 0 Å². The monoisotopic (exact) mass is 205 g/mol. The van der Waals surface area contributed by atoms with Crippen LogP contribution in [0.1, 0.15) is 31.2 Å². The first-order valence-electron chi connectivity index (χ1n) is 5.67. The van der Waals surface area contributed by atoms with E-state index in [2.05, 4.69) is 23.0 Å². The zero-order valence-electron chi connectivity index (χ0n) is 9.32. The Morgan fingerprint density at radius 1 is 1.47 bits per heavy atom. The summed E-state index contributed by atoms with van der Waals surface area (Å²) < 4.78 is 0. The lowest BCUT2D eigenvalue weighted by Crippen LogP contribution is -2.28. The van der Waals surface area contributed by atoms with Crippen molar-refractivity contribution in [2.24, 2.45) is 0 Å². The fraction of sp³-hybridized carbons (Fsp3) is 0.583. The molecular weight excluding hydrogens is 186 g/mol. The average Bonchev–Trinajstić information content (AvgIpc) is 2.74. The zero-order chi connectivity index (χ0) is 10.7. The van der Waals surface area contributed by atoms with Crippen molar-refractivity contribution in [3.05, 3.63) is 23.9 Å². The van der Waals surface area contributed by atoms with E-state index in [4.69, 9.17) is 5.73 Å². The van der Waals surface area contributed by atoms with Crippen LogP contribution < -0.4 is 5.73 Å². The van der Waals surface area contributed by atoms with Gasteiger partial charge in [-0.05, 0) is 26.0 Å². The molecule has 0 aliphatic heterocycles. The van der Waals surface area contributed by atoms with Gasteiger partial charge >= 0.3 is 0 Å². The summed E-state index contributed by atoms with van der Waals surface area (Å²) in [5.41, 5.74) is 6.98. The van der Waals surface area contributed by atoms with E-state index in [1.807, 2.05) is 6.07 Å². The van der Waals surface area contributed by atoms with Crippen LogP contribution >= 0.6 is 0 Å². The number of nitrogens with two attached hydrogens (primary N) is 1. The van der Waals surface area contributed by atoms with E-state index >= 15 is 0 Å². The summed E-state index contributed by atoms with van der Waals surface area (Å²) in [7, 11) is 2.18. The molecule has 1 fully saturated rings. The minimum absolute atomic E-state index is 0.669. The Kier molecular flexibility index (Phi) is 3.21. The van der Waals surface area contributed by atoms with Crippen LogP contribution in [-0.4, -0.2) is 23.0 Å². The van der Waals surface area contributed by atoms with Crippen molar-refractivity contribution in [3.8, 4) is 0 Å². The molecule has 82 valence electrons. The Morgan fingerprint density at radius 3 is 2.87 bits per heavy atom. The topological polar surface area (TPSA) is 42.2 Å². The molecule has 1 heterocycles. The van der Waals surface area contributed by atoms with Crippen LogP contribution in [0.15, 0.2) is 18.3 Å². The van der Waals surface area contributed by atoms with Crippen LogP contribution in [0.25, 0.3) is 0 Å². The van der Waals surface area contributed by atoms with Crippen molar-refractivity contribution in [2.45, 2.75) is 38.3 Å². The molecule has 1 aliphatic carbocycles. The number of nitrogens with zero attached hydrogens (tertiary/aromatic N) is 2. The molecule has 0 unspecified atom stereocenters. The molecule has 15 heavy (non-hydrogen) atoms. The summed E-state index contributed by atoms with van der Waals surface area (Å²) in [5, 5.41) is 0. The maximum Gasteiger partial charge on any atom is 0.127 e. The number of anilines is 1. The number of rotatable bonds is 3. The molecule has 1 saturated carbocycles. The van der Waals surface area contributed by atoms with Crippen molar-refractivity contribution < 1.29 is 0 Å². The van der Waals surface area contributed by atoms with Crippen molar-refractivity contribution in [2.75, 3.05) is 12.8 Å². The molecule has 0 aromatic carbocycles. The normalized spacial score (nSPS) is 17.5. The van der Waals surface area contributed by atoms with Gasteiger partial charge in [-0.15, -0.1) is 0 Å². The third-order valence-electron chi connectivity index (χ3n) is 3.29. The van der Waals surface area contributed by atoms with Crippen molar-refractivity contribution in [1.82, 2.24) is 9.88 Å². The van der Waals surface area contributed by atoms with Crippen LogP contribution in [0.3, 0.4) is 0 Å². The van der Waals surface area contributed by atoms with E-state index in [-0.39, 0.29) is 0 Å². The standard InChI is InChI=1S/C12H19N3/c1-15(11-6-2-3-7-11)9-10-5-4-8-14-12(10)13/h4-5,8,11H,2-3,6-7,9H2,1H3,(H2,13,14). The molecule has 2 rings (SSSR count). The summed E-state index contributed by atoms with van der Waals surface area (Å²) >= 11 is 0. The Balaban J connectivity index is 1.99. The summed E-state index contributed by atoms with van der Waals surface area (Å²) in [5.74, 6) is 0.669. The summed E-state index contributed by atoms with van der Waals surface area (Å²) in [4.78, 5) is 6.51. The Hall–Kier alpha value is -1.09. The smallest absolute Gasteiger partial charge is 0.127 e. The minimum Gasteiger partial charge on any atom is -0.383 e. The number of aromatic nitrogens is 1. The van der Waals surface area contributed by atoms with Gasteiger partial charge in [0.1, 0.15) is 5.82 Å². The molecule has 2 N–H and O–H groups in total. The second kappa shape index (κ2) is 4.62. The predicted molar refractivity (Wildman–Crippen MR) is 62.4 cm³/mol. The van der Waals surface area contributed by atoms with Gasteiger partial charge in [-0.3, -0.25) is 4.90 Å². The third-order valence-corrected chi connectivity index (χ3v) is 3.29. The highest BCUT2D eigenvalue weighted by molar-refractivity contribution is 5.38. The van der Waals surface area contributed by atoms with Gasteiger partial charge in [-0.1, -0.05) is 18.9 Å². The lowest BCUT2D eigenvalue weighted by Gasteiger charge is -2.24. The van der Waals surface area contributed by atoms with Crippen LogP contribution in [0, 0.1) is 0 Å². The average molecular weight is 205 g/mol.